The Morgan fingerprint density at radius 2 is 2.00 bits per heavy atom. The van der Waals surface area contributed by atoms with Crippen molar-refractivity contribution in [3.8, 4) is 6.07 Å². The Morgan fingerprint density at radius 3 is 2.65 bits per heavy atom. The Morgan fingerprint density at radius 1 is 1.30 bits per heavy atom. The minimum atomic E-state index is -0.243. The molecule has 1 fully saturated rings. The lowest BCUT2D eigenvalue weighted by molar-refractivity contribution is 0.203. The number of hydrogen-bond donors (Lipinski definition) is 2. The molecule has 23 heavy (non-hydrogen) atoms. The summed E-state index contributed by atoms with van der Waals surface area (Å²) in [7, 11) is 0. The molecule has 1 heterocycles. The fraction of sp³-hybridized carbons (Fsp3) is 0.632. The van der Waals surface area contributed by atoms with E-state index in [9.17, 15) is 5.11 Å². The number of anilines is 2. The van der Waals surface area contributed by atoms with E-state index in [4.69, 9.17) is 5.26 Å². The standard InChI is InChI=1S/C19H29N3O/c1-19(2,15-20)10-5-11-21-17-6-3-4-7-18(17)22-12-8-16(14-23)9-13-22/h3-4,6-7,16,21,23H,5,8-14H2,1-2H3. The number of rotatable bonds is 7. The molecule has 0 bridgehead atoms. The van der Waals surface area contributed by atoms with Gasteiger partial charge in [-0.05, 0) is 57.6 Å². The smallest absolute Gasteiger partial charge is 0.0683 e. The third kappa shape index (κ3) is 5.14. The van der Waals surface area contributed by atoms with E-state index < -0.39 is 0 Å². The van der Waals surface area contributed by atoms with E-state index in [0.717, 1.165) is 45.3 Å². The molecule has 0 saturated carbocycles. The second-order valence-electron chi connectivity index (χ2n) is 7.16. The van der Waals surface area contributed by atoms with Gasteiger partial charge in [0.2, 0.25) is 0 Å². The molecule has 0 amide bonds. The first kappa shape index (κ1) is 17.6. The Balaban J connectivity index is 1.90. The highest BCUT2D eigenvalue weighted by Gasteiger charge is 2.20. The van der Waals surface area contributed by atoms with Gasteiger partial charge in [-0.25, -0.2) is 0 Å². The third-order valence-electron chi connectivity index (χ3n) is 4.71. The van der Waals surface area contributed by atoms with Crippen molar-refractivity contribution in [1.82, 2.24) is 0 Å². The molecule has 0 radical (unpaired) electrons. The number of aliphatic hydroxyl groups is 1. The Bertz CT molecular complexity index is 528. The molecule has 1 aliphatic rings. The molecule has 4 nitrogen and oxygen atoms in total. The van der Waals surface area contributed by atoms with Crippen LogP contribution >= 0.6 is 0 Å². The van der Waals surface area contributed by atoms with E-state index in [0.29, 0.717) is 12.5 Å². The molecule has 0 unspecified atom stereocenters. The fourth-order valence-corrected chi connectivity index (χ4v) is 3.06. The largest absolute Gasteiger partial charge is 0.396 e. The van der Waals surface area contributed by atoms with Crippen molar-refractivity contribution in [3.05, 3.63) is 24.3 Å². The third-order valence-corrected chi connectivity index (χ3v) is 4.71. The highest BCUT2D eigenvalue weighted by molar-refractivity contribution is 5.70. The van der Waals surface area contributed by atoms with Gasteiger partial charge in [-0.1, -0.05) is 12.1 Å². The number of benzene rings is 1. The van der Waals surface area contributed by atoms with Gasteiger partial charge >= 0.3 is 0 Å². The fourth-order valence-electron chi connectivity index (χ4n) is 3.06. The maximum atomic E-state index is 9.28. The first-order valence-electron chi connectivity index (χ1n) is 8.66. The average Bonchev–Trinajstić information content (AvgIpc) is 2.59. The second-order valence-corrected chi connectivity index (χ2v) is 7.16. The molecule has 126 valence electrons. The highest BCUT2D eigenvalue weighted by atomic mass is 16.3. The molecule has 0 spiro atoms. The van der Waals surface area contributed by atoms with Crippen molar-refractivity contribution in [2.75, 3.05) is 36.5 Å². The van der Waals surface area contributed by atoms with Gasteiger partial charge in [0.1, 0.15) is 0 Å². The van der Waals surface area contributed by atoms with Crippen molar-refractivity contribution < 1.29 is 5.11 Å². The number of nitrogens with one attached hydrogen (secondary N) is 1. The molecule has 1 aromatic carbocycles. The Hall–Kier alpha value is -1.73. The molecule has 0 atom stereocenters. The van der Waals surface area contributed by atoms with E-state index in [1.165, 1.54) is 11.4 Å². The topological polar surface area (TPSA) is 59.3 Å². The summed E-state index contributed by atoms with van der Waals surface area (Å²) >= 11 is 0. The number of nitrogens with zero attached hydrogens (tertiary/aromatic N) is 2. The van der Waals surface area contributed by atoms with Crippen molar-refractivity contribution in [1.29, 1.82) is 5.26 Å². The first-order chi connectivity index (χ1) is 11.1. The summed E-state index contributed by atoms with van der Waals surface area (Å²) in [6.45, 7) is 7.19. The van der Waals surface area contributed by atoms with Gasteiger partial charge in [0.05, 0.1) is 22.9 Å². The molecular formula is C19H29N3O. The molecule has 2 N–H and O–H groups in total. The summed E-state index contributed by atoms with van der Waals surface area (Å²) in [6, 6.07) is 10.8. The Kier molecular flexibility index (Phi) is 6.29. The zero-order valence-corrected chi connectivity index (χ0v) is 14.4. The van der Waals surface area contributed by atoms with Crippen molar-refractivity contribution in [2.45, 2.75) is 39.5 Å². The Labute approximate surface area is 140 Å². The van der Waals surface area contributed by atoms with E-state index in [1.54, 1.807) is 0 Å². The van der Waals surface area contributed by atoms with Crippen LogP contribution in [0.1, 0.15) is 39.5 Å². The number of aliphatic hydroxyl groups excluding tert-OH is 1. The van der Waals surface area contributed by atoms with Gasteiger partial charge < -0.3 is 15.3 Å². The van der Waals surface area contributed by atoms with Crippen LogP contribution in [0.15, 0.2) is 24.3 Å². The summed E-state index contributed by atoms with van der Waals surface area (Å²) in [5, 5.41) is 21.9. The van der Waals surface area contributed by atoms with Gasteiger partial charge in [-0.15, -0.1) is 0 Å². The van der Waals surface area contributed by atoms with Crippen LogP contribution in [0.4, 0.5) is 11.4 Å². The molecule has 0 aliphatic carbocycles. The lowest BCUT2D eigenvalue weighted by Crippen LogP contribution is -2.35. The van der Waals surface area contributed by atoms with E-state index in [-0.39, 0.29) is 5.41 Å². The molecule has 1 saturated heterocycles. The summed E-state index contributed by atoms with van der Waals surface area (Å²) < 4.78 is 0. The summed E-state index contributed by atoms with van der Waals surface area (Å²) in [5.41, 5.74) is 2.18. The zero-order chi connectivity index (χ0) is 16.7. The molecule has 1 aliphatic heterocycles. The molecular weight excluding hydrogens is 286 g/mol. The van der Waals surface area contributed by atoms with E-state index in [1.807, 2.05) is 13.8 Å². The number of hydrogen-bond acceptors (Lipinski definition) is 4. The molecule has 1 aromatic rings. The maximum absolute atomic E-state index is 9.28. The maximum Gasteiger partial charge on any atom is 0.0683 e. The van der Waals surface area contributed by atoms with E-state index >= 15 is 0 Å². The van der Waals surface area contributed by atoms with Crippen LogP contribution in [-0.2, 0) is 0 Å². The van der Waals surface area contributed by atoms with Crippen LogP contribution in [0.2, 0.25) is 0 Å². The van der Waals surface area contributed by atoms with E-state index in [2.05, 4.69) is 40.6 Å². The van der Waals surface area contributed by atoms with Gasteiger partial charge in [-0.2, -0.15) is 5.26 Å². The van der Waals surface area contributed by atoms with Crippen molar-refractivity contribution >= 4 is 11.4 Å². The average molecular weight is 315 g/mol. The predicted octanol–water partition coefficient (Wildman–Crippen LogP) is 3.64. The van der Waals surface area contributed by atoms with Gasteiger partial charge in [0.15, 0.2) is 0 Å². The number of nitriles is 1. The monoisotopic (exact) mass is 315 g/mol. The van der Waals surface area contributed by atoms with Crippen LogP contribution in [0.3, 0.4) is 0 Å². The van der Waals surface area contributed by atoms with Crippen LogP contribution in [0.25, 0.3) is 0 Å². The minimum absolute atomic E-state index is 0.243. The molecule has 4 heteroatoms. The second kappa shape index (κ2) is 8.21. The van der Waals surface area contributed by atoms with Crippen LogP contribution in [0, 0.1) is 22.7 Å². The normalized spacial score (nSPS) is 16.2. The van der Waals surface area contributed by atoms with Crippen molar-refractivity contribution in [3.63, 3.8) is 0 Å². The van der Waals surface area contributed by atoms with Gasteiger partial charge in [0.25, 0.3) is 0 Å². The first-order valence-corrected chi connectivity index (χ1v) is 8.66. The summed E-state index contributed by atoms with van der Waals surface area (Å²) in [5.74, 6) is 0.458. The minimum Gasteiger partial charge on any atom is -0.396 e. The van der Waals surface area contributed by atoms with Gasteiger partial charge in [0, 0.05) is 26.2 Å². The van der Waals surface area contributed by atoms with Crippen LogP contribution in [-0.4, -0.2) is 31.3 Å². The predicted molar refractivity (Wildman–Crippen MR) is 95.6 cm³/mol. The summed E-state index contributed by atoms with van der Waals surface area (Å²) in [6.07, 6.45) is 4.00. The van der Waals surface area contributed by atoms with Crippen LogP contribution < -0.4 is 10.2 Å². The van der Waals surface area contributed by atoms with Crippen molar-refractivity contribution in [2.24, 2.45) is 11.3 Å². The lowest BCUT2D eigenvalue weighted by Gasteiger charge is -2.34. The summed E-state index contributed by atoms with van der Waals surface area (Å²) in [4.78, 5) is 2.41. The quantitative estimate of drug-likeness (QED) is 0.754. The number of piperidine rings is 1. The zero-order valence-electron chi connectivity index (χ0n) is 14.4. The highest BCUT2D eigenvalue weighted by Crippen LogP contribution is 2.30. The molecule has 0 aromatic heterocycles. The van der Waals surface area contributed by atoms with Gasteiger partial charge in [-0.3, -0.25) is 0 Å². The number of para-hydroxylation sites is 2. The SMILES string of the molecule is CC(C)(C#N)CCCNc1ccccc1N1CCC(CO)CC1. The molecule has 2 rings (SSSR count). The van der Waals surface area contributed by atoms with Crippen LogP contribution in [0.5, 0.6) is 0 Å². The lowest BCUT2D eigenvalue weighted by atomic mass is 9.90.